The van der Waals surface area contributed by atoms with Crippen molar-refractivity contribution in [3.05, 3.63) is 525 Å². The van der Waals surface area contributed by atoms with Gasteiger partial charge in [0.15, 0.2) is 0 Å². The second kappa shape index (κ2) is 41.3. The molecule has 0 unspecified atom stereocenters. The lowest BCUT2D eigenvalue weighted by Gasteiger charge is -2.45. The fourth-order valence-corrected chi connectivity index (χ4v) is 22.0. The molecule has 12 heteroatoms. The van der Waals surface area contributed by atoms with Crippen LogP contribution < -0.4 is 14.7 Å². The summed E-state index contributed by atoms with van der Waals surface area (Å²) in [7, 11) is 0. The molecule has 0 radical (unpaired) electrons. The number of hydrogen-bond acceptors (Lipinski definition) is 12. The van der Waals surface area contributed by atoms with E-state index in [9.17, 15) is 31.6 Å². The topological polar surface area (TPSA) is 191 Å². The first-order valence-corrected chi connectivity index (χ1v) is 50.4. The molecule has 12 nitrogen and oxygen atoms in total. The summed E-state index contributed by atoms with van der Waals surface area (Å²) < 4.78 is 0. The number of pyridine rings is 3. The lowest BCUT2D eigenvalue weighted by molar-refractivity contribution is 0.590. The summed E-state index contributed by atoms with van der Waals surface area (Å²) in [5.41, 5.74) is 40.0. The zero-order chi connectivity index (χ0) is 104. The summed E-state index contributed by atoms with van der Waals surface area (Å²) in [5, 5.41) is 64.6. The van der Waals surface area contributed by atoms with E-state index in [1.165, 1.54) is 44.5 Å². The van der Waals surface area contributed by atoms with Gasteiger partial charge < -0.3 is 14.7 Å². The molecule has 0 saturated carbocycles. The van der Waals surface area contributed by atoms with E-state index in [0.717, 1.165) is 135 Å². The van der Waals surface area contributed by atoms with E-state index in [4.69, 9.17) is 15.0 Å². The van der Waals surface area contributed by atoms with Crippen LogP contribution in [-0.4, -0.2) is 15.0 Å². The van der Waals surface area contributed by atoms with E-state index in [1.807, 2.05) is 232 Å². The molecule has 2 aliphatic rings. The minimum absolute atomic E-state index is 0.0329. The van der Waals surface area contributed by atoms with Crippen molar-refractivity contribution in [2.75, 3.05) is 14.7 Å². The third kappa shape index (κ3) is 18.0. The number of para-hydroxylation sites is 4. The van der Waals surface area contributed by atoms with E-state index in [1.54, 1.807) is 0 Å². The standard InChI is InChI=1S/C52H34N4.C47H44N4.C39H28N4/c1-33-29-37(30-34(2)48(33)49-40(31-53)50(35-17-5-3-6-18-35)55-51(41(49)32-54)36-19-7-4-8-20-36)56-46-27-15-13-25-44(46)52(45-26-14-16-28-47(45)56)42-23-11-9-21-38(42)39-22-10-12-24-43(39)52;1-31-27-39(51(37-23-19-35(20-24-37)46(3,4)5)38-25-21-36(22-26-38)47(6,7)8)28-32(2)42(31)43-40(29-48)44(33-15-11-9-12-16-33)50-45(41(43)30-49)34-17-13-10-14-18-34;1-27-23-33(43(31-19-11-5-12-20-31)32-21-13-6-14-22-32)24-28(2)36(27)37-34(25-40)38(29-15-7-3-8-16-29)42-39(35(37)26-41)30-17-9-4-10-18-30/h3-30H,1-2H3;9-28H,1-8H3;3-24H,1-2H3. The normalized spacial score (nSPS) is 11.7. The van der Waals surface area contributed by atoms with Crippen molar-refractivity contribution >= 4 is 51.2 Å². The molecule has 0 N–H and O–H groups in total. The molecule has 0 atom stereocenters. The average molecular weight is 1930 g/mol. The largest absolute Gasteiger partial charge is 0.310 e. The summed E-state index contributed by atoms with van der Waals surface area (Å²) in [5.74, 6) is 0. The molecule has 17 aromatic carbocycles. The molecule has 20 aromatic rings. The molecule has 0 saturated heterocycles. The maximum Gasteiger partial charge on any atom is 0.102 e. The highest BCUT2D eigenvalue weighted by atomic mass is 15.2. The number of fused-ring (bicyclic) bond motifs is 9. The summed E-state index contributed by atoms with van der Waals surface area (Å²) in [6.45, 7) is 25.8. The zero-order valence-electron chi connectivity index (χ0n) is 85.8. The Balaban J connectivity index is 0.000000137. The molecule has 4 heterocycles. The fourth-order valence-electron chi connectivity index (χ4n) is 22.0. The highest BCUT2D eigenvalue weighted by molar-refractivity contribution is 6.01. The smallest absolute Gasteiger partial charge is 0.102 e. The Kier molecular flexibility index (Phi) is 27.0. The van der Waals surface area contributed by atoms with Crippen LogP contribution in [0.15, 0.2) is 425 Å². The number of hydrogen-bond donors (Lipinski definition) is 0. The Morgan fingerprint density at radius 1 is 0.220 bits per heavy atom. The predicted octanol–water partition coefficient (Wildman–Crippen LogP) is 35.0. The van der Waals surface area contributed by atoms with Gasteiger partial charge in [0.1, 0.15) is 36.4 Å². The number of rotatable bonds is 16. The average Bonchev–Trinajstić information content (AvgIpc) is 1.51. The predicted molar refractivity (Wildman–Crippen MR) is 611 cm³/mol. The third-order valence-electron chi connectivity index (χ3n) is 28.7. The number of aromatic nitrogens is 3. The first-order chi connectivity index (χ1) is 73.0. The first kappa shape index (κ1) is 97.9. The second-order valence-corrected chi connectivity index (χ2v) is 40.2. The van der Waals surface area contributed by atoms with Crippen LogP contribution in [0.25, 0.3) is 112 Å². The van der Waals surface area contributed by atoms with Crippen molar-refractivity contribution in [2.45, 2.75) is 99.3 Å². The maximum absolute atomic E-state index is 10.9. The molecule has 0 bridgehead atoms. The van der Waals surface area contributed by atoms with Crippen LogP contribution in [0.3, 0.4) is 0 Å². The number of anilines is 9. The molecular weight excluding hydrogens is 1830 g/mol. The minimum Gasteiger partial charge on any atom is -0.310 e. The van der Waals surface area contributed by atoms with Gasteiger partial charge in [0.05, 0.1) is 84.3 Å². The van der Waals surface area contributed by atoms with E-state index in [2.05, 4.69) is 327 Å². The van der Waals surface area contributed by atoms with Gasteiger partial charge in [-0.2, -0.15) is 31.6 Å². The first-order valence-electron chi connectivity index (χ1n) is 50.4. The molecule has 0 amide bonds. The van der Waals surface area contributed by atoms with E-state index < -0.39 is 5.41 Å². The molecular formula is C138H106N12. The van der Waals surface area contributed by atoms with Gasteiger partial charge in [0.25, 0.3) is 0 Å². The van der Waals surface area contributed by atoms with E-state index in [-0.39, 0.29) is 10.8 Å². The van der Waals surface area contributed by atoms with Crippen LogP contribution in [0.1, 0.15) is 142 Å². The maximum atomic E-state index is 10.9. The second-order valence-electron chi connectivity index (χ2n) is 40.2. The quantitative estimate of drug-likeness (QED) is 0.0891. The molecule has 150 heavy (non-hydrogen) atoms. The molecule has 1 aliphatic carbocycles. The minimum atomic E-state index is -0.497. The number of nitrogens with zero attached hydrogens (tertiary/aromatic N) is 12. The van der Waals surface area contributed by atoms with Crippen LogP contribution in [-0.2, 0) is 16.2 Å². The summed E-state index contributed by atoms with van der Waals surface area (Å²) in [6, 6.07) is 160. The summed E-state index contributed by atoms with van der Waals surface area (Å²) in [4.78, 5) is 21.9. The van der Waals surface area contributed by atoms with Gasteiger partial charge >= 0.3 is 0 Å². The highest BCUT2D eigenvalue weighted by Gasteiger charge is 2.52. The van der Waals surface area contributed by atoms with Crippen LogP contribution >= 0.6 is 0 Å². The van der Waals surface area contributed by atoms with Crippen LogP contribution in [0, 0.1) is 110 Å². The monoisotopic (exact) mass is 1930 g/mol. The fraction of sp³-hybridized carbons (Fsp3) is 0.109. The van der Waals surface area contributed by atoms with Crippen molar-refractivity contribution in [2.24, 2.45) is 0 Å². The Hall–Kier alpha value is -19.5. The molecule has 1 aliphatic heterocycles. The van der Waals surface area contributed by atoms with Crippen LogP contribution in [0.4, 0.5) is 51.2 Å². The Morgan fingerprint density at radius 2 is 0.427 bits per heavy atom. The molecule has 0 fully saturated rings. The van der Waals surface area contributed by atoms with Gasteiger partial charge in [-0.15, -0.1) is 0 Å². The van der Waals surface area contributed by atoms with E-state index in [0.29, 0.717) is 84.2 Å². The molecule has 22 rings (SSSR count). The van der Waals surface area contributed by atoms with E-state index >= 15 is 0 Å². The SMILES string of the molecule is Cc1cc(N(c2ccc(C(C)(C)C)cc2)c2ccc(C(C)(C)C)cc2)cc(C)c1-c1c(C#N)c(-c2ccccc2)nc(-c2ccccc2)c1C#N.Cc1cc(N(c2ccccc2)c2ccccc2)cc(C)c1-c1c(C#N)c(-c2ccccc2)nc(-c2ccccc2)c1C#N.Cc1cc(N2c3ccccc3C3(c4ccccc4-c4ccccc43)c3ccccc32)cc(C)c1-c1c(C#N)c(-c2ccccc2)nc(-c2ccccc2)c1C#N. The van der Waals surface area contributed by atoms with Gasteiger partial charge in [-0.05, 0) is 244 Å². The van der Waals surface area contributed by atoms with Crippen molar-refractivity contribution in [1.29, 1.82) is 31.6 Å². The lowest BCUT2D eigenvalue weighted by atomic mass is 9.64. The number of benzene rings is 17. The molecule has 1 spiro atoms. The van der Waals surface area contributed by atoms with Crippen molar-refractivity contribution < 1.29 is 0 Å². The third-order valence-corrected chi connectivity index (χ3v) is 28.7. The summed E-state index contributed by atoms with van der Waals surface area (Å²) in [6.07, 6.45) is 0. The Morgan fingerprint density at radius 3 is 0.667 bits per heavy atom. The van der Waals surface area contributed by atoms with Gasteiger partial charge in [-0.25, -0.2) is 15.0 Å². The lowest BCUT2D eigenvalue weighted by Crippen LogP contribution is -2.36. The van der Waals surface area contributed by atoms with Gasteiger partial charge in [-0.1, -0.05) is 369 Å². The van der Waals surface area contributed by atoms with Crippen molar-refractivity contribution in [1.82, 2.24) is 15.0 Å². The van der Waals surface area contributed by atoms with Gasteiger partial charge in [0, 0.05) is 89.9 Å². The number of aryl methyl sites for hydroxylation is 6. The molecule has 718 valence electrons. The Labute approximate surface area is 878 Å². The Bertz CT molecular complexity index is 8370. The molecule has 3 aromatic heterocycles. The number of nitriles is 6. The summed E-state index contributed by atoms with van der Waals surface area (Å²) >= 11 is 0. The van der Waals surface area contributed by atoms with Crippen LogP contribution in [0.5, 0.6) is 0 Å². The van der Waals surface area contributed by atoms with Crippen LogP contribution in [0.2, 0.25) is 0 Å². The van der Waals surface area contributed by atoms with Gasteiger partial charge in [-0.3, -0.25) is 0 Å². The highest BCUT2D eigenvalue weighted by Crippen LogP contribution is 2.64. The van der Waals surface area contributed by atoms with Crippen molar-refractivity contribution in [3.8, 4) is 148 Å². The van der Waals surface area contributed by atoms with Gasteiger partial charge in [0.2, 0.25) is 0 Å². The zero-order valence-corrected chi connectivity index (χ0v) is 85.8. The van der Waals surface area contributed by atoms with Crippen molar-refractivity contribution in [3.63, 3.8) is 0 Å².